The molecule has 2 aromatic rings. The van der Waals surface area contributed by atoms with Crippen LogP contribution in [0.15, 0.2) is 48.5 Å². The van der Waals surface area contributed by atoms with Crippen molar-refractivity contribution < 1.29 is 28.7 Å². The standard InChI is InChI=1S/C27H29N3O6/c1-3-36-27(35)20-10-7-13-29(16-20)23(31)17-28(2)24(32)19-11-12-21-22(14-19)26(34)30(25(21)33)15-18-8-5-4-6-9-18/h4-6,8-9,11-12,14,20H,3,7,10,13,15-17H2,1-2H3. The molecule has 0 saturated carbocycles. The molecule has 2 aliphatic heterocycles. The van der Waals surface area contributed by atoms with Crippen LogP contribution in [0.1, 0.15) is 56.4 Å². The molecule has 2 aliphatic rings. The van der Waals surface area contributed by atoms with Crippen molar-refractivity contribution in [1.82, 2.24) is 14.7 Å². The molecule has 188 valence electrons. The van der Waals surface area contributed by atoms with Gasteiger partial charge in [0, 0.05) is 25.7 Å². The zero-order chi connectivity index (χ0) is 25.8. The van der Waals surface area contributed by atoms with E-state index in [9.17, 15) is 24.0 Å². The molecule has 0 spiro atoms. The van der Waals surface area contributed by atoms with E-state index in [0.717, 1.165) is 10.5 Å². The Balaban J connectivity index is 1.41. The molecule has 9 nitrogen and oxygen atoms in total. The maximum absolute atomic E-state index is 13.1. The van der Waals surface area contributed by atoms with E-state index in [1.165, 1.54) is 30.1 Å². The Hall–Kier alpha value is -4.01. The van der Waals surface area contributed by atoms with Gasteiger partial charge in [0.05, 0.1) is 36.7 Å². The number of ether oxygens (including phenoxy) is 1. The normalized spacial score (nSPS) is 17.1. The van der Waals surface area contributed by atoms with Crippen molar-refractivity contribution >= 4 is 29.6 Å². The van der Waals surface area contributed by atoms with Crippen LogP contribution in [0.2, 0.25) is 0 Å². The number of likely N-dealkylation sites (N-methyl/N-ethyl adjacent to an activating group) is 1. The first kappa shape index (κ1) is 25.1. The number of imide groups is 1. The smallest absolute Gasteiger partial charge is 0.310 e. The lowest BCUT2D eigenvalue weighted by Gasteiger charge is -2.32. The van der Waals surface area contributed by atoms with E-state index in [4.69, 9.17) is 4.74 Å². The molecule has 36 heavy (non-hydrogen) atoms. The molecular weight excluding hydrogens is 462 g/mol. The predicted molar refractivity (Wildman–Crippen MR) is 130 cm³/mol. The number of fused-ring (bicyclic) bond motifs is 1. The number of esters is 1. The van der Waals surface area contributed by atoms with E-state index in [1.807, 2.05) is 30.3 Å². The third-order valence-electron chi connectivity index (χ3n) is 6.51. The summed E-state index contributed by atoms with van der Waals surface area (Å²) >= 11 is 0. The van der Waals surface area contributed by atoms with Gasteiger partial charge < -0.3 is 14.5 Å². The minimum absolute atomic E-state index is 0.146. The SMILES string of the molecule is CCOC(=O)C1CCCN(C(=O)CN(C)C(=O)c2ccc3c(c2)C(=O)N(Cc2ccccc2)C3=O)C1. The van der Waals surface area contributed by atoms with E-state index in [-0.39, 0.29) is 54.1 Å². The van der Waals surface area contributed by atoms with Crippen LogP contribution in [-0.4, -0.2) is 77.6 Å². The van der Waals surface area contributed by atoms with Crippen LogP contribution < -0.4 is 0 Å². The molecule has 1 fully saturated rings. The van der Waals surface area contributed by atoms with Crippen molar-refractivity contribution in [1.29, 1.82) is 0 Å². The lowest BCUT2D eigenvalue weighted by molar-refractivity contribution is -0.151. The minimum Gasteiger partial charge on any atom is -0.466 e. The Morgan fingerprint density at radius 2 is 1.75 bits per heavy atom. The van der Waals surface area contributed by atoms with Crippen molar-refractivity contribution in [3.8, 4) is 0 Å². The number of carbonyl (C=O) groups is 5. The van der Waals surface area contributed by atoms with Crippen molar-refractivity contribution in [2.24, 2.45) is 5.92 Å². The second-order valence-electron chi connectivity index (χ2n) is 9.03. The summed E-state index contributed by atoms with van der Waals surface area (Å²) in [6.07, 6.45) is 1.36. The highest BCUT2D eigenvalue weighted by atomic mass is 16.5. The average molecular weight is 492 g/mol. The molecule has 1 atom stereocenters. The van der Waals surface area contributed by atoms with Crippen molar-refractivity contribution in [3.05, 3.63) is 70.8 Å². The van der Waals surface area contributed by atoms with Crippen molar-refractivity contribution in [2.75, 3.05) is 33.3 Å². The third kappa shape index (κ3) is 5.15. The maximum atomic E-state index is 13.1. The number of rotatable bonds is 7. The number of carbonyl (C=O) groups excluding carboxylic acids is 5. The molecule has 4 rings (SSSR count). The molecule has 0 bridgehead atoms. The zero-order valence-corrected chi connectivity index (χ0v) is 20.4. The van der Waals surface area contributed by atoms with Crippen LogP contribution >= 0.6 is 0 Å². The number of hydrogen-bond donors (Lipinski definition) is 0. The summed E-state index contributed by atoms with van der Waals surface area (Å²) in [5.74, 6) is -2.22. The van der Waals surface area contributed by atoms with E-state index >= 15 is 0 Å². The van der Waals surface area contributed by atoms with Crippen molar-refractivity contribution in [2.45, 2.75) is 26.3 Å². The van der Waals surface area contributed by atoms with Crippen molar-refractivity contribution in [3.63, 3.8) is 0 Å². The molecule has 0 aliphatic carbocycles. The Bertz CT molecular complexity index is 1200. The Labute approximate surface area is 209 Å². The molecule has 9 heteroatoms. The molecular formula is C27H29N3O6. The molecule has 1 saturated heterocycles. The molecule has 0 N–H and O–H groups in total. The van der Waals surface area contributed by atoms with Gasteiger partial charge in [-0.25, -0.2) is 0 Å². The van der Waals surface area contributed by atoms with Gasteiger partial charge in [-0.1, -0.05) is 30.3 Å². The van der Waals surface area contributed by atoms with Gasteiger partial charge in [0.25, 0.3) is 17.7 Å². The van der Waals surface area contributed by atoms with Gasteiger partial charge in [-0.2, -0.15) is 0 Å². The Kier molecular flexibility index (Phi) is 7.47. The van der Waals surface area contributed by atoms with Crippen LogP contribution in [0.5, 0.6) is 0 Å². The summed E-state index contributed by atoms with van der Waals surface area (Å²) in [6, 6.07) is 13.6. The first-order valence-corrected chi connectivity index (χ1v) is 12.0. The van der Waals surface area contributed by atoms with E-state index in [2.05, 4.69) is 0 Å². The van der Waals surface area contributed by atoms with Crippen LogP contribution in [0.4, 0.5) is 0 Å². The number of hydrogen-bond acceptors (Lipinski definition) is 6. The average Bonchev–Trinajstić information content (AvgIpc) is 3.13. The largest absolute Gasteiger partial charge is 0.466 e. The fraction of sp³-hybridized carbons (Fsp3) is 0.370. The first-order chi connectivity index (χ1) is 17.3. The second-order valence-corrected chi connectivity index (χ2v) is 9.03. The summed E-state index contributed by atoms with van der Waals surface area (Å²) in [5.41, 5.74) is 1.47. The predicted octanol–water partition coefficient (Wildman–Crippen LogP) is 2.36. The molecule has 0 radical (unpaired) electrons. The fourth-order valence-corrected chi connectivity index (χ4v) is 4.58. The fourth-order valence-electron chi connectivity index (χ4n) is 4.58. The number of piperidine rings is 1. The maximum Gasteiger partial charge on any atom is 0.310 e. The van der Waals surface area contributed by atoms with Crippen LogP contribution in [0.25, 0.3) is 0 Å². The Morgan fingerprint density at radius 3 is 2.47 bits per heavy atom. The third-order valence-corrected chi connectivity index (χ3v) is 6.51. The minimum atomic E-state index is -0.453. The highest BCUT2D eigenvalue weighted by molar-refractivity contribution is 6.22. The quantitative estimate of drug-likeness (QED) is 0.435. The highest BCUT2D eigenvalue weighted by Crippen LogP contribution is 2.26. The van der Waals surface area contributed by atoms with Gasteiger partial charge in [0.15, 0.2) is 0 Å². The Morgan fingerprint density at radius 1 is 1.03 bits per heavy atom. The monoisotopic (exact) mass is 491 g/mol. The molecule has 2 heterocycles. The van der Waals surface area contributed by atoms with E-state index < -0.39 is 17.7 Å². The van der Waals surface area contributed by atoms with E-state index in [1.54, 1.807) is 11.8 Å². The van der Waals surface area contributed by atoms with Crippen LogP contribution in [0, 0.1) is 5.92 Å². The summed E-state index contributed by atoms with van der Waals surface area (Å²) in [6.45, 7) is 2.80. The summed E-state index contributed by atoms with van der Waals surface area (Å²) in [7, 11) is 1.51. The van der Waals surface area contributed by atoms with Gasteiger partial charge in [-0.3, -0.25) is 28.9 Å². The van der Waals surface area contributed by atoms with Crippen LogP contribution in [-0.2, 0) is 20.9 Å². The highest BCUT2D eigenvalue weighted by Gasteiger charge is 2.36. The van der Waals surface area contributed by atoms with Gasteiger partial charge >= 0.3 is 5.97 Å². The molecule has 2 aromatic carbocycles. The molecule has 1 unspecified atom stereocenters. The number of nitrogens with zero attached hydrogens (tertiary/aromatic N) is 3. The topological polar surface area (TPSA) is 104 Å². The van der Waals surface area contributed by atoms with Gasteiger partial charge in [0.2, 0.25) is 5.91 Å². The molecule has 0 aromatic heterocycles. The summed E-state index contributed by atoms with van der Waals surface area (Å²) < 4.78 is 5.08. The summed E-state index contributed by atoms with van der Waals surface area (Å²) in [4.78, 5) is 67.7. The van der Waals surface area contributed by atoms with Gasteiger partial charge in [-0.05, 0) is 43.5 Å². The lowest BCUT2D eigenvalue weighted by Crippen LogP contribution is -2.47. The summed E-state index contributed by atoms with van der Waals surface area (Å²) in [5, 5.41) is 0. The second kappa shape index (κ2) is 10.7. The number of likely N-dealkylation sites (tertiary alicyclic amines) is 1. The van der Waals surface area contributed by atoms with Crippen LogP contribution in [0.3, 0.4) is 0 Å². The van der Waals surface area contributed by atoms with Gasteiger partial charge in [0.1, 0.15) is 0 Å². The van der Waals surface area contributed by atoms with Gasteiger partial charge in [-0.15, -0.1) is 0 Å². The first-order valence-electron chi connectivity index (χ1n) is 12.0. The molecule has 4 amide bonds. The number of benzene rings is 2. The number of amides is 4. The van der Waals surface area contributed by atoms with E-state index in [0.29, 0.717) is 26.0 Å². The zero-order valence-electron chi connectivity index (χ0n) is 20.4. The lowest BCUT2D eigenvalue weighted by atomic mass is 9.98.